The van der Waals surface area contributed by atoms with Gasteiger partial charge in [-0.05, 0) is 43.2 Å². The van der Waals surface area contributed by atoms with Gasteiger partial charge in [0.2, 0.25) is 0 Å². The smallest absolute Gasteiger partial charge is 0.307 e. The highest BCUT2D eigenvalue weighted by atomic mass is 35.5. The second-order valence-electron chi connectivity index (χ2n) is 4.42. The largest absolute Gasteiger partial charge is 0.323 e. The molecule has 2 aromatic carbocycles. The number of benzene rings is 2. The first-order chi connectivity index (χ1) is 9.49. The summed E-state index contributed by atoms with van der Waals surface area (Å²) in [7, 11) is 0. The van der Waals surface area contributed by atoms with Crippen LogP contribution in [0.5, 0.6) is 0 Å². The second-order valence-corrected chi connectivity index (χ2v) is 4.83. The van der Waals surface area contributed by atoms with E-state index < -0.39 is 11.8 Å². The molecule has 0 aliphatic rings. The van der Waals surface area contributed by atoms with Crippen molar-refractivity contribution in [3.05, 3.63) is 58.4 Å². The van der Waals surface area contributed by atoms with Crippen LogP contribution in [-0.2, 0) is 0 Å². The molecule has 2 N–H and O–H groups in total. The molecule has 0 aromatic heterocycles. The van der Waals surface area contributed by atoms with Crippen LogP contribution in [0, 0.1) is 19.7 Å². The highest BCUT2D eigenvalue weighted by molar-refractivity contribution is 6.33. The molecule has 104 valence electrons. The first-order valence-electron chi connectivity index (χ1n) is 6.07. The predicted octanol–water partition coefficient (Wildman–Crippen LogP) is 4.74. The van der Waals surface area contributed by atoms with Gasteiger partial charge in [-0.3, -0.25) is 0 Å². The summed E-state index contributed by atoms with van der Waals surface area (Å²) in [5.74, 6) is -0.575. The van der Waals surface area contributed by atoms with Crippen LogP contribution in [0.2, 0.25) is 5.02 Å². The van der Waals surface area contributed by atoms with Gasteiger partial charge < -0.3 is 10.6 Å². The number of hydrogen-bond acceptors (Lipinski definition) is 1. The van der Waals surface area contributed by atoms with Crippen molar-refractivity contribution in [2.45, 2.75) is 13.8 Å². The highest BCUT2D eigenvalue weighted by Gasteiger charge is 2.11. The monoisotopic (exact) mass is 292 g/mol. The Morgan fingerprint density at radius 1 is 1.10 bits per heavy atom. The van der Waals surface area contributed by atoms with Gasteiger partial charge >= 0.3 is 6.03 Å². The summed E-state index contributed by atoms with van der Waals surface area (Å²) < 4.78 is 13.6. The second kappa shape index (κ2) is 5.92. The zero-order valence-corrected chi connectivity index (χ0v) is 11.9. The third-order valence-electron chi connectivity index (χ3n) is 3.05. The van der Waals surface area contributed by atoms with E-state index in [9.17, 15) is 9.18 Å². The van der Waals surface area contributed by atoms with E-state index in [0.29, 0.717) is 5.69 Å². The van der Waals surface area contributed by atoms with E-state index in [2.05, 4.69) is 10.6 Å². The Balaban J connectivity index is 2.16. The standard InChI is InChI=1S/C15H14ClFN2O/c1-9-5-3-8-13(10(9)2)18-15(20)19-14-11(16)6-4-7-12(14)17/h3-8H,1-2H3,(H2,18,19,20). The van der Waals surface area contributed by atoms with Gasteiger partial charge in [-0.15, -0.1) is 0 Å². The van der Waals surface area contributed by atoms with Crippen molar-refractivity contribution >= 4 is 29.0 Å². The van der Waals surface area contributed by atoms with Crippen molar-refractivity contribution in [2.24, 2.45) is 0 Å². The Labute approximate surface area is 121 Å². The van der Waals surface area contributed by atoms with Crippen molar-refractivity contribution in [3.63, 3.8) is 0 Å². The Morgan fingerprint density at radius 2 is 1.80 bits per heavy atom. The summed E-state index contributed by atoms with van der Waals surface area (Å²) in [4.78, 5) is 11.9. The third kappa shape index (κ3) is 3.08. The summed E-state index contributed by atoms with van der Waals surface area (Å²) >= 11 is 5.85. The summed E-state index contributed by atoms with van der Waals surface area (Å²) in [6.07, 6.45) is 0. The van der Waals surface area contributed by atoms with Crippen LogP contribution < -0.4 is 10.6 Å². The fourth-order valence-corrected chi connectivity index (χ4v) is 1.98. The molecular formula is C15H14ClFN2O. The van der Waals surface area contributed by atoms with Gasteiger partial charge in [-0.2, -0.15) is 0 Å². The molecule has 0 heterocycles. The summed E-state index contributed by atoms with van der Waals surface area (Å²) in [5.41, 5.74) is 2.67. The zero-order chi connectivity index (χ0) is 14.7. The molecule has 2 aromatic rings. The van der Waals surface area contributed by atoms with Crippen LogP contribution >= 0.6 is 11.6 Å². The quantitative estimate of drug-likeness (QED) is 0.824. The van der Waals surface area contributed by atoms with Crippen molar-refractivity contribution in [1.29, 1.82) is 0 Å². The number of rotatable bonds is 2. The molecular weight excluding hydrogens is 279 g/mol. The van der Waals surface area contributed by atoms with Gasteiger partial charge in [0.25, 0.3) is 0 Å². The number of para-hydroxylation sites is 1. The molecule has 0 unspecified atom stereocenters. The maximum atomic E-state index is 13.6. The number of aryl methyl sites for hydroxylation is 1. The van der Waals surface area contributed by atoms with Gasteiger partial charge in [0.05, 0.1) is 10.7 Å². The Kier molecular flexibility index (Phi) is 4.25. The normalized spacial score (nSPS) is 10.2. The molecule has 3 nitrogen and oxygen atoms in total. The zero-order valence-electron chi connectivity index (χ0n) is 11.1. The van der Waals surface area contributed by atoms with Crippen LogP contribution in [0.3, 0.4) is 0 Å². The van der Waals surface area contributed by atoms with Crippen LogP contribution in [0.15, 0.2) is 36.4 Å². The molecule has 0 saturated carbocycles. The van der Waals surface area contributed by atoms with Gasteiger partial charge in [-0.25, -0.2) is 9.18 Å². The highest BCUT2D eigenvalue weighted by Crippen LogP contribution is 2.25. The Morgan fingerprint density at radius 3 is 2.50 bits per heavy atom. The van der Waals surface area contributed by atoms with E-state index in [1.165, 1.54) is 18.2 Å². The van der Waals surface area contributed by atoms with Gasteiger partial charge in [0.15, 0.2) is 0 Å². The molecule has 0 spiro atoms. The molecule has 0 atom stereocenters. The van der Waals surface area contributed by atoms with Gasteiger partial charge in [0, 0.05) is 5.69 Å². The van der Waals surface area contributed by atoms with E-state index in [1.54, 1.807) is 6.07 Å². The number of anilines is 2. The summed E-state index contributed by atoms with van der Waals surface area (Å²) in [6.45, 7) is 3.85. The van der Waals surface area contributed by atoms with Crippen molar-refractivity contribution < 1.29 is 9.18 Å². The van der Waals surface area contributed by atoms with Gasteiger partial charge in [-0.1, -0.05) is 29.8 Å². The minimum atomic E-state index is -0.575. The number of urea groups is 1. The molecule has 0 aliphatic carbocycles. The Hall–Kier alpha value is -2.07. The molecule has 0 bridgehead atoms. The lowest BCUT2D eigenvalue weighted by atomic mass is 10.1. The van der Waals surface area contributed by atoms with Crippen LogP contribution in [0.4, 0.5) is 20.6 Å². The van der Waals surface area contributed by atoms with Crippen molar-refractivity contribution in [2.75, 3.05) is 10.6 Å². The van der Waals surface area contributed by atoms with E-state index in [-0.39, 0.29) is 10.7 Å². The molecule has 2 rings (SSSR count). The SMILES string of the molecule is Cc1cccc(NC(=O)Nc2c(F)cccc2Cl)c1C. The number of amides is 2. The summed E-state index contributed by atoms with van der Waals surface area (Å²) in [5, 5.41) is 5.25. The molecule has 5 heteroatoms. The predicted molar refractivity (Wildman–Crippen MR) is 80.0 cm³/mol. The molecule has 20 heavy (non-hydrogen) atoms. The van der Waals surface area contributed by atoms with Crippen LogP contribution in [-0.4, -0.2) is 6.03 Å². The number of nitrogens with one attached hydrogen (secondary N) is 2. The van der Waals surface area contributed by atoms with Crippen LogP contribution in [0.25, 0.3) is 0 Å². The lowest BCUT2D eigenvalue weighted by Crippen LogP contribution is -2.21. The number of carbonyl (C=O) groups excluding carboxylic acids is 1. The van der Waals surface area contributed by atoms with E-state index in [0.717, 1.165) is 11.1 Å². The lowest BCUT2D eigenvalue weighted by molar-refractivity contribution is 0.262. The first-order valence-corrected chi connectivity index (χ1v) is 6.45. The van der Waals surface area contributed by atoms with Crippen molar-refractivity contribution in [3.8, 4) is 0 Å². The number of halogens is 2. The molecule has 0 saturated heterocycles. The number of hydrogen-bond donors (Lipinski definition) is 2. The molecule has 0 radical (unpaired) electrons. The van der Waals surface area contributed by atoms with Gasteiger partial charge in [0.1, 0.15) is 5.82 Å². The summed E-state index contributed by atoms with van der Waals surface area (Å²) in [6, 6.07) is 9.26. The molecule has 2 amide bonds. The minimum absolute atomic E-state index is 0.0306. The Bertz CT molecular complexity index is 638. The van der Waals surface area contributed by atoms with Crippen molar-refractivity contribution in [1.82, 2.24) is 0 Å². The van der Waals surface area contributed by atoms with E-state index in [1.807, 2.05) is 26.0 Å². The maximum Gasteiger partial charge on any atom is 0.323 e. The van der Waals surface area contributed by atoms with Crippen LogP contribution in [0.1, 0.15) is 11.1 Å². The maximum absolute atomic E-state index is 13.6. The topological polar surface area (TPSA) is 41.1 Å². The molecule has 0 aliphatic heterocycles. The fraction of sp³-hybridized carbons (Fsp3) is 0.133. The van der Waals surface area contributed by atoms with E-state index in [4.69, 9.17) is 11.6 Å². The first kappa shape index (κ1) is 14.3. The average Bonchev–Trinajstić information content (AvgIpc) is 2.39. The minimum Gasteiger partial charge on any atom is -0.307 e. The third-order valence-corrected chi connectivity index (χ3v) is 3.37. The van der Waals surface area contributed by atoms with E-state index >= 15 is 0 Å². The fourth-order valence-electron chi connectivity index (χ4n) is 1.77. The number of carbonyl (C=O) groups is 1. The average molecular weight is 293 g/mol. The lowest BCUT2D eigenvalue weighted by Gasteiger charge is -2.12. The molecule has 0 fully saturated rings.